The summed E-state index contributed by atoms with van der Waals surface area (Å²) in [5.41, 5.74) is 1.03. The lowest BCUT2D eigenvalue weighted by atomic mass is 10.2. The first-order chi connectivity index (χ1) is 10.7. The molecular weight excluding hydrogens is 314 g/mol. The summed E-state index contributed by atoms with van der Waals surface area (Å²) in [6.07, 6.45) is 2.23. The Labute approximate surface area is 139 Å². The second-order valence-corrected chi connectivity index (χ2v) is 6.78. The predicted octanol–water partition coefficient (Wildman–Crippen LogP) is 3.90. The molecule has 3 rings (SSSR count). The molecular formula is C17H15NO2S2. The van der Waals surface area contributed by atoms with Crippen molar-refractivity contribution in [2.45, 2.75) is 11.7 Å². The van der Waals surface area contributed by atoms with Gasteiger partial charge in [0.15, 0.2) is 0 Å². The summed E-state index contributed by atoms with van der Waals surface area (Å²) >= 11 is 6.67. The van der Waals surface area contributed by atoms with Crippen molar-refractivity contribution < 1.29 is 9.21 Å². The highest BCUT2D eigenvalue weighted by Gasteiger charge is 2.36. The minimum absolute atomic E-state index is 0.0348. The average Bonchev–Trinajstić information content (AvgIpc) is 3.09. The van der Waals surface area contributed by atoms with Crippen molar-refractivity contribution >= 4 is 34.2 Å². The van der Waals surface area contributed by atoms with E-state index in [1.165, 1.54) is 11.8 Å². The fourth-order valence-corrected chi connectivity index (χ4v) is 3.87. The number of benzene rings is 1. The summed E-state index contributed by atoms with van der Waals surface area (Å²) in [6.45, 7) is 4.12. The van der Waals surface area contributed by atoms with E-state index in [0.29, 0.717) is 17.3 Å². The van der Waals surface area contributed by atoms with Gasteiger partial charge in [-0.05, 0) is 12.1 Å². The Morgan fingerprint density at radius 2 is 2.05 bits per heavy atom. The third-order valence-electron chi connectivity index (χ3n) is 3.42. The number of furan rings is 1. The van der Waals surface area contributed by atoms with E-state index in [2.05, 4.69) is 6.58 Å². The molecule has 2 aromatic rings. The van der Waals surface area contributed by atoms with Crippen molar-refractivity contribution in [3.8, 4) is 11.3 Å². The van der Waals surface area contributed by atoms with Gasteiger partial charge in [0.05, 0.1) is 5.25 Å². The number of hydrogen-bond acceptors (Lipinski definition) is 4. The molecule has 112 valence electrons. The van der Waals surface area contributed by atoms with Gasteiger partial charge in [-0.1, -0.05) is 60.4 Å². The molecule has 1 unspecified atom stereocenters. The number of rotatable bonds is 5. The van der Waals surface area contributed by atoms with Gasteiger partial charge in [0, 0.05) is 18.5 Å². The van der Waals surface area contributed by atoms with Crippen LogP contribution in [0.25, 0.3) is 11.3 Å². The van der Waals surface area contributed by atoms with Crippen molar-refractivity contribution in [3.05, 3.63) is 60.9 Å². The minimum Gasteiger partial charge on any atom is -0.461 e. The summed E-state index contributed by atoms with van der Waals surface area (Å²) in [5, 5.41) is -0.206. The molecule has 5 heteroatoms. The fourth-order valence-electron chi connectivity index (χ4n) is 2.35. The Balaban J connectivity index is 1.72. The Morgan fingerprint density at radius 1 is 1.27 bits per heavy atom. The molecule has 1 saturated heterocycles. The van der Waals surface area contributed by atoms with Crippen molar-refractivity contribution in [2.75, 3.05) is 6.54 Å². The van der Waals surface area contributed by atoms with Gasteiger partial charge in [0.2, 0.25) is 5.91 Å². The first-order valence-electron chi connectivity index (χ1n) is 6.96. The van der Waals surface area contributed by atoms with Crippen molar-refractivity contribution in [2.24, 2.45) is 0 Å². The van der Waals surface area contributed by atoms with Gasteiger partial charge in [-0.25, -0.2) is 0 Å². The van der Waals surface area contributed by atoms with Crippen LogP contribution in [-0.2, 0) is 11.2 Å². The number of carbonyl (C=O) groups excluding carboxylic acids is 1. The van der Waals surface area contributed by atoms with Crippen LogP contribution in [0, 0.1) is 0 Å². The highest BCUT2D eigenvalue weighted by Crippen LogP contribution is 2.31. The number of nitrogens with zero attached hydrogens (tertiary/aromatic N) is 1. The molecule has 0 N–H and O–H groups in total. The summed E-state index contributed by atoms with van der Waals surface area (Å²) in [6, 6.07) is 13.8. The first kappa shape index (κ1) is 15.1. The van der Waals surface area contributed by atoms with Crippen LogP contribution in [0.2, 0.25) is 0 Å². The number of amides is 1. The molecule has 1 aliphatic rings. The zero-order valence-electron chi connectivity index (χ0n) is 11.9. The molecule has 1 amide bonds. The standard InChI is InChI=1S/C17H15NO2S2/c1-2-10-18-16(19)15(22-17(18)21)11-13-8-9-14(20-13)12-6-4-3-5-7-12/h2-9,15H,1,10-11H2. The van der Waals surface area contributed by atoms with Crippen LogP contribution in [-0.4, -0.2) is 26.9 Å². The molecule has 1 aromatic carbocycles. The van der Waals surface area contributed by atoms with E-state index in [0.717, 1.165) is 17.1 Å². The average molecular weight is 329 g/mol. The maximum atomic E-state index is 12.3. The normalized spacial score (nSPS) is 18.0. The van der Waals surface area contributed by atoms with Crippen LogP contribution in [0.1, 0.15) is 5.76 Å². The Hall–Kier alpha value is -1.85. The molecule has 1 aromatic heterocycles. The monoisotopic (exact) mass is 329 g/mol. The summed E-state index contributed by atoms with van der Waals surface area (Å²) in [5.74, 6) is 1.65. The van der Waals surface area contributed by atoms with Gasteiger partial charge in [0.1, 0.15) is 15.8 Å². The number of carbonyl (C=O) groups is 1. The van der Waals surface area contributed by atoms with Gasteiger partial charge >= 0.3 is 0 Å². The zero-order chi connectivity index (χ0) is 15.5. The van der Waals surface area contributed by atoms with Gasteiger partial charge in [0.25, 0.3) is 0 Å². The molecule has 1 aliphatic heterocycles. The zero-order valence-corrected chi connectivity index (χ0v) is 13.5. The third kappa shape index (κ3) is 3.00. The van der Waals surface area contributed by atoms with Crippen LogP contribution < -0.4 is 0 Å². The quantitative estimate of drug-likeness (QED) is 0.615. The summed E-state index contributed by atoms with van der Waals surface area (Å²) in [4.78, 5) is 13.9. The van der Waals surface area contributed by atoms with Gasteiger partial charge < -0.3 is 4.42 Å². The lowest BCUT2D eigenvalue weighted by Crippen LogP contribution is -2.32. The van der Waals surface area contributed by atoms with E-state index in [-0.39, 0.29) is 11.2 Å². The molecule has 1 fully saturated rings. The highest BCUT2D eigenvalue weighted by molar-refractivity contribution is 8.24. The lowest BCUT2D eigenvalue weighted by Gasteiger charge is -2.12. The molecule has 3 nitrogen and oxygen atoms in total. The second kappa shape index (κ2) is 6.50. The largest absolute Gasteiger partial charge is 0.461 e. The SMILES string of the molecule is C=CCN1C(=O)C(Cc2ccc(-c3ccccc3)o2)SC1=S. The highest BCUT2D eigenvalue weighted by atomic mass is 32.2. The smallest absolute Gasteiger partial charge is 0.242 e. The third-order valence-corrected chi connectivity index (χ3v) is 5.01. The number of thiocarbonyl (C=S) groups is 1. The molecule has 22 heavy (non-hydrogen) atoms. The molecule has 0 radical (unpaired) electrons. The number of hydrogen-bond donors (Lipinski definition) is 0. The van der Waals surface area contributed by atoms with Gasteiger partial charge in [-0.15, -0.1) is 6.58 Å². The fraction of sp³-hybridized carbons (Fsp3) is 0.176. The van der Waals surface area contributed by atoms with Crippen LogP contribution in [0.5, 0.6) is 0 Å². The van der Waals surface area contributed by atoms with Crippen LogP contribution in [0.4, 0.5) is 0 Å². The van der Waals surface area contributed by atoms with Crippen molar-refractivity contribution in [3.63, 3.8) is 0 Å². The van der Waals surface area contributed by atoms with E-state index in [9.17, 15) is 4.79 Å². The topological polar surface area (TPSA) is 33.5 Å². The van der Waals surface area contributed by atoms with Crippen LogP contribution >= 0.6 is 24.0 Å². The molecule has 0 spiro atoms. The molecule has 0 saturated carbocycles. The summed E-state index contributed by atoms with van der Waals surface area (Å²) in [7, 11) is 0. The van der Waals surface area contributed by atoms with E-state index in [1.807, 2.05) is 42.5 Å². The number of thioether (sulfide) groups is 1. The van der Waals surface area contributed by atoms with E-state index in [1.54, 1.807) is 11.0 Å². The molecule has 0 bridgehead atoms. The van der Waals surface area contributed by atoms with Crippen molar-refractivity contribution in [1.82, 2.24) is 4.90 Å². The second-order valence-electron chi connectivity index (χ2n) is 4.95. The molecule has 0 aliphatic carbocycles. The summed E-state index contributed by atoms with van der Waals surface area (Å²) < 4.78 is 6.48. The Kier molecular flexibility index (Phi) is 4.45. The Bertz CT molecular complexity index is 708. The Morgan fingerprint density at radius 3 is 2.77 bits per heavy atom. The lowest BCUT2D eigenvalue weighted by molar-refractivity contribution is -0.125. The van der Waals surface area contributed by atoms with E-state index < -0.39 is 0 Å². The molecule has 1 atom stereocenters. The molecule has 2 heterocycles. The van der Waals surface area contributed by atoms with Crippen LogP contribution in [0.3, 0.4) is 0 Å². The first-order valence-corrected chi connectivity index (χ1v) is 8.25. The van der Waals surface area contributed by atoms with Crippen molar-refractivity contribution in [1.29, 1.82) is 0 Å². The predicted molar refractivity (Wildman–Crippen MR) is 93.7 cm³/mol. The van der Waals surface area contributed by atoms with E-state index in [4.69, 9.17) is 16.6 Å². The maximum absolute atomic E-state index is 12.3. The van der Waals surface area contributed by atoms with Gasteiger partial charge in [-0.2, -0.15) is 0 Å². The maximum Gasteiger partial charge on any atom is 0.242 e. The van der Waals surface area contributed by atoms with Gasteiger partial charge in [-0.3, -0.25) is 9.69 Å². The minimum atomic E-state index is -0.206. The van der Waals surface area contributed by atoms with E-state index >= 15 is 0 Å². The van der Waals surface area contributed by atoms with Crippen LogP contribution in [0.15, 0.2) is 59.5 Å².